The van der Waals surface area contributed by atoms with Crippen molar-refractivity contribution in [3.8, 4) is 0 Å². The molecule has 0 aliphatic heterocycles. The van der Waals surface area contributed by atoms with Gasteiger partial charge < -0.3 is 10.0 Å². The lowest BCUT2D eigenvalue weighted by Crippen LogP contribution is -2.42. The van der Waals surface area contributed by atoms with E-state index in [-0.39, 0.29) is 24.9 Å². The molecule has 8 heteroatoms. The van der Waals surface area contributed by atoms with Gasteiger partial charge in [-0.15, -0.1) is 0 Å². The third-order valence-corrected chi connectivity index (χ3v) is 3.67. The molecule has 1 aliphatic rings. The highest BCUT2D eigenvalue weighted by Gasteiger charge is 2.39. The summed E-state index contributed by atoms with van der Waals surface area (Å²) in [4.78, 5) is 11.4. The molecule has 0 amide bonds. The maximum Gasteiger partial charge on any atom is 0.423 e. The van der Waals surface area contributed by atoms with E-state index in [2.05, 4.69) is 0 Å². The number of anilines is 1. The lowest BCUT2D eigenvalue weighted by Gasteiger charge is -2.39. The van der Waals surface area contributed by atoms with Crippen LogP contribution in [0.5, 0.6) is 0 Å². The Morgan fingerprint density at radius 2 is 2.05 bits per heavy atom. The Balaban J connectivity index is 2.42. The number of hydrogen-bond acceptors (Lipinski definition) is 4. The molecule has 0 bridgehead atoms. The summed E-state index contributed by atoms with van der Waals surface area (Å²) in [7, 11) is 0. The minimum absolute atomic E-state index is 0.0830. The molecule has 0 saturated heterocycles. The van der Waals surface area contributed by atoms with Crippen LogP contribution in [0, 0.1) is 10.1 Å². The summed E-state index contributed by atoms with van der Waals surface area (Å²) in [5, 5.41) is 19.8. The first kappa shape index (κ1) is 15.6. The Kier molecular flexibility index (Phi) is 4.36. The topological polar surface area (TPSA) is 66.6 Å². The molecule has 1 saturated carbocycles. The Morgan fingerprint density at radius 1 is 1.38 bits per heavy atom. The quantitative estimate of drug-likeness (QED) is 0.671. The highest BCUT2D eigenvalue weighted by Crippen LogP contribution is 2.39. The molecule has 1 N–H and O–H groups in total. The lowest BCUT2D eigenvalue weighted by molar-refractivity contribution is -0.388. The number of nitrogens with zero attached hydrogens (tertiary/aromatic N) is 2. The molecular weight excluding hydrogens is 289 g/mol. The normalized spacial score (nSPS) is 15.6. The number of aliphatic hydroxyl groups excluding tert-OH is 1. The maximum absolute atomic E-state index is 13.0. The Bertz CT molecular complexity index is 530. The molecule has 0 heterocycles. The van der Waals surface area contributed by atoms with Crippen LogP contribution in [-0.4, -0.2) is 29.2 Å². The van der Waals surface area contributed by atoms with E-state index >= 15 is 0 Å². The molecule has 1 fully saturated rings. The minimum atomic E-state index is -4.79. The summed E-state index contributed by atoms with van der Waals surface area (Å²) >= 11 is 0. The Hall–Kier alpha value is -1.83. The molecule has 5 nitrogen and oxygen atoms in total. The van der Waals surface area contributed by atoms with Crippen molar-refractivity contribution in [3.05, 3.63) is 33.9 Å². The van der Waals surface area contributed by atoms with E-state index in [1.807, 2.05) is 0 Å². The highest BCUT2D eigenvalue weighted by atomic mass is 19.4. The smallest absolute Gasteiger partial charge is 0.395 e. The van der Waals surface area contributed by atoms with Crippen LogP contribution in [0.4, 0.5) is 24.5 Å². The number of nitro groups is 1. The van der Waals surface area contributed by atoms with Crippen LogP contribution in [0.3, 0.4) is 0 Å². The predicted octanol–water partition coefficient (Wildman–Crippen LogP) is 2.96. The SMILES string of the molecule is O=[N+]([O-])c1ccc(N(CCO)C2CCC2)cc1C(F)(F)F. The van der Waals surface area contributed by atoms with Crippen LogP contribution >= 0.6 is 0 Å². The number of alkyl halides is 3. The molecule has 21 heavy (non-hydrogen) atoms. The fourth-order valence-electron chi connectivity index (χ4n) is 2.42. The number of benzene rings is 1. The van der Waals surface area contributed by atoms with Gasteiger partial charge in [0.15, 0.2) is 0 Å². The molecule has 1 aromatic carbocycles. The van der Waals surface area contributed by atoms with Crippen LogP contribution in [0.2, 0.25) is 0 Å². The van der Waals surface area contributed by atoms with Crippen LogP contribution in [0.1, 0.15) is 24.8 Å². The van der Waals surface area contributed by atoms with Crippen molar-refractivity contribution in [1.29, 1.82) is 0 Å². The standard InChI is InChI=1S/C13H15F3N2O3/c14-13(15,16)11-8-10(4-5-12(11)18(20)21)17(6-7-19)9-2-1-3-9/h4-5,8-9,19H,1-3,6-7H2. The number of halogens is 3. The summed E-state index contributed by atoms with van der Waals surface area (Å²) in [5.41, 5.74) is -1.96. The van der Waals surface area contributed by atoms with Gasteiger partial charge >= 0.3 is 6.18 Å². The van der Waals surface area contributed by atoms with Crippen LogP contribution in [0.25, 0.3) is 0 Å². The molecule has 116 valence electrons. The van der Waals surface area contributed by atoms with E-state index in [1.54, 1.807) is 4.90 Å². The van der Waals surface area contributed by atoms with E-state index in [1.165, 1.54) is 6.07 Å². The first-order valence-electron chi connectivity index (χ1n) is 6.57. The largest absolute Gasteiger partial charge is 0.423 e. The van der Waals surface area contributed by atoms with Gasteiger partial charge in [-0.1, -0.05) is 0 Å². The highest BCUT2D eigenvalue weighted by molar-refractivity contribution is 5.57. The van der Waals surface area contributed by atoms with Crippen molar-refractivity contribution in [2.75, 3.05) is 18.1 Å². The van der Waals surface area contributed by atoms with Crippen LogP contribution in [-0.2, 0) is 6.18 Å². The van der Waals surface area contributed by atoms with Crippen molar-refractivity contribution in [2.45, 2.75) is 31.5 Å². The van der Waals surface area contributed by atoms with E-state index in [4.69, 9.17) is 5.11 Å². The fourth-order valence-corrected chi connectivity index (χ4v) is 2.42. The van der Waals surface area contributed by atoms with Crippen molar-refractivity contribution < 1.29 is 23.2 Å². The maximum atomic E-state index is 13.0. The zero-order chi connectivity index (χ0) is 15.6. The first-order chi connectivity index (χ1) is 9.84. The van der Waals surface area contributed by atoms with Gasteiger partial charge in [-0.3, -0.25) is 10.1 Å². The summed E-state index contributed by atoms with van der Waals surface area (Å²) in [5.74, 6) is 0. The van der Waals surface area contributed by atoms with Gasteiger partial charge in [0.05, 0.1) is 11.5 Å². The van der Waals surface area contributed by atoms with Gasteiger partial charge in [0.1, 0.15) is 5.56 Å². The zero-order valence-corrected chi connectivity index (χ0v) is 11.1. The van der Waals surface area contributed by atoms with Gasteiger partial charge in [0.2, 0.25) is 0 Å². The molecule has 2 rings (SSSR count). The van der Waals surface area contributed by atoms with Crippen LogP contribution < -0.4 is 4.90 Å². The third kappa shape index (κ3) is 3.26. The molecular formula is C13H15F3N2O3. The van der Waals surface area contributed by atoms with Gasteiger partial charge in [0, 0.05) is 24.3 Å². The molecule has 0 spiro atoms. The van der Waals surface area contributed by atoms with Gasteiger partial charge in [-0.05, 0) is 31.4 Å². The average Bonchev–Trinajstić information content (AvgIpc) is 2.34. The molecule has 0 radical (unpaired) electrons. The monoisotopic (exact) mass is 304 g/mol. The van der Waals surface area contributed by atoms with Crippen LogP contribution in [0.15, 0.2) is 18.2 Å². The predicted molar refractivity (Wildman–Crippen MR) is 70.2 cm³/mol. The summed E-state index contributed by atoms with van der Waals surface area (Å²) < 4.78 is 38.9. The second-order valence-corrected chi connectivity index (χ2v) is 4.96. The van der Waals surface area contributed by atoms with Crippen molar-refractivity contribution in [2.24, 2.45) is 0 Å². The number of hydrogen-bond donors (Lipinski definition) is 1. The van der Waals surface area contributed by atoms with E-state index < -0.39 is 22.4 Å². The molecule has 1 aliphatic carbocycles. The second-order valence-electron chi connectivity index (χ2n) is 4.96. The molecule has 0 unspecified atom stereocenters. The fraction of sp³-hybridized carbons (Fsp3) is 0.538. The summed E-state index contributed by atoms with van der Waals surface area (Å²) in [6.07, 6.45) is -2.11. The molecule has 1 aromatic rings. The number of aliphatic hydroxyl groups is 1. The van der Waals surface area contributed by atoms with Gasteiger partial charge in [-0.2, -0.15) is 13.2 Å². The van der Waals surface area contributed by atoms with Gasteiger partial charge in [0.25, 0.3) is 5.69 Å². The van der Waals surface area contributed by atoms with E-state index in [9.17, 15) is 23.3 Å². The minimum Gasteiger partial charge on any atom is -0.395 e. The third-order valence-electron chi connectivity index (χ3n) is 3.67. The molecule has 0 aromatic heterocycles. The van der Waals surface area contributed by atoms with Crippen molar-refractivity contribution >= 4 is 11.4 Å². The second kappa shape index (κ2) is 5.88. The number of rotatable bonds is 5. The number of nitro benzene ring substituents is 1. The van der Waals surface area contributed by atoms with E-state index in [0.717, 1.165) is 31.4 Å². The Labute approximate surface area is 119 Å². The Morgan fingerprint density at radius 3 is 2.48 bits per heavy atom. The first-order valence-corrected chi connectivity index (χ1v) is 6.57. The summed E-state index contributed by atoms with van der Waals surface area (Å²) in [6.45, 7) is 0.0224. The lowest BCUT2D eigenvalue weighted by atomic mass is 9.91. The summed E-state index contributed by atoms with van der Waals surface area (Å²) in [6, 6.07) is 3.06. The van der Waals surface area contributed by atoms with E-state index in [0.29, 0.717) is 0 Å². The average molecular weight is 304 g/mol. The van der Waals surface area contributed by atoms with Crippen molar-refractivity contribution in [3.63, 3.8) is 0 Å². The molecule has 0 atom stereocenters. The van der Waals surface area contributed by atoms with Gasteiger partial charge in [-0.25, -0.2) is 0 Å². The zero-order valence-electron chi connectivity index (χ0n) is 11.1. The van der Waals surface area contributed by atoms with Crippen molar-refractivity contribution in [1.82, 2.24) is 0 Å².